The minimum Gasteiger partial charge on any atom is -0.287 e. The Morgan fingerprint density at radius 1 is 0.364 bits per heavy atom. The number of benzene rings is 6. The quantitative estimate of drug-likeness (QED) is 0.0674. The topological polar surface area (TPSA) is 20.9 Å². The van der Waals surface area contributed by atoms with Gasteiger partial charge in [0.15, 0.2) is 6.20 Å². The van der Waals surface area contributed by atoms with Crippen molar-refractivity contribution in [3.05, 3.63) is 194 Å². The first-order chi connectivity index (χ1) is 35.0. The molecular formula is C49H25BBrF24NO. The molecule has 0 fully saturated rings. The lowest BCUT2D eigenvalue weighted by molar-refractivity contribution is -0.657. The molecule has 410 valence electrons. The van der Waals surface area contributed by atoms with E-state index in [0.717, 1.165) is 20.9 Å². The van der Waals surface area contributed by atoms with Gasteiger partial charge in [-0.05, 0) is 42.5 Å². The van der Waals surface area contributed by atoms with Crippen molar-refractivity contribution in [1.29, 1.82) is 0 Å². The van der Waals surface area contributed by atoms with Gasteiger partial charge in [-0.1, -0.05) is 94.8 Å². The van der Waals surface area contributed by atoms with E-state index in [1.807, 2.05) is 71.4 Å². The first-order valence-corrected chi connectivity index (χ1v) is 21.8. The van der Waals surface area contributed by atoms with Gasteiger partial charge < -0.3 is 0 Å². The van der Waals surface area contributed by atoms with Crippen LogP contribution in [0.4, 0.5) is 105 Å². The third-order valence-electron chi connectivity index (χ3n) is 11.7. The van der Waals surface area contributed by atoms with Crippen LogP contribution < -0.4 is 26.4 Å². The number of nitrogens with zero attached hydrogens (tertiary/aromatic N) is 1. The lowest BCUT2D eigenvalue weighted by atomic mass is 9.12. The zero-order chi connectivity index (χ0) is 57.9. The molecule has 0 aliphatic rings. The Morgan fingerprint density at radius 3 is 0.922 bits per heavy atom. The van der Waals surface area contributed by atoms with Crippen LogP contribution in [0.1, 0.15) is 54.9 Å². The normalized spacial score (nSPS) is 13.4. The molecule has 28 heteroatoms. The van der Waals surface area contributed by atoms with Crippen molar-refractivity contribution in [3.63, 3.8) is 0 Å². The average Bonchev–Trinajstić information content (AvgIpc) is 3.30. The standard InChI is InChI=1S/C32H12BF24.C17H13BrNO/c34-25(35,36)13-1-14(26(37,38)39)6-21(5-13)33(22-7-15(27(40,41)42)2-16(8-22)28(43,44)45,23-9-17(29(46,47)48)3-18(10-23)30(49,50)51)24-11-19(31(52,53)54)4-20(12-24)32(55,56)57;18-15-9-8-13-7-4-10-19(16(13)11-15)12-17(20)14-5-2-1-3-6-14/h1-12H;1-11H,12H2/q-1;+1. The molecule has 0 aliphatic carbocycles. The van der Waals surface area contributed by atoms with E-state index in [2.05, 4.69) is 15.9 Å². The Morgan fingerprint density at radius 2 is 0.649 bits per heavy atom. The number of alkyl halides is 24. The second kappa shape index (κ2) is 20.6. The molecule has 0 spiro atoms. The van der Waals surface area contributed by atoms with Crippen molar-refractivity contribution in [3.8, 4) is 0 Å². The van der Waals surface area contributed by atoms with E-state index in [4.69, 9.17) is 0 Å². The summed E-state index contributed by atoms with van der Waals surface area (Å²) in [5.41, 5.74) is -28.4. The smallest absolute Gasteiger partial charge is 0.287 e. The van der Waals surface area contributed by atoms with Crippen molar-refractivity contribution >= 4 is 60.6 Å². The van der Waals surface area contributed by atoms with Gasteiger partial charge in [-0.25, -0.2) is 0 Å². The van der Waals surface area contributed by atoms with Crippen LogP contribution in [0.3, 0.4) is 0 Å². The number of fused-ring (bicyclic) bond motifs is 1. The molecule has 0 aliphatic heterocycles. The number of rotatable bonds is 7. The summed E-state index contributed by atoms with van der Waals surface area (Å²) in [5.74, 6) is 0.114. The van der Waals surface area contributed by atoms with Crippen molar-refractivity contribution in [2.45, 2.75) is 56.0 Å². The monoisotopic (exact) mass is 1190 g/mol. The van der Waals surface area contributed by atoms with Crippen LogP contribution in [-0.4, -0.2) is 11.9 Å². The minimum absolute atomic E-state index is 0.114. The highest BCUT2D eigenvalue weighted by molar-refractivity contribution is 9.10. The summed E-state index contributed by atoms with van der Waals surface area (Å²) >= 11 is 3.48. The van der Waals surface area contributed by atoms with Gasteiger partial charge in [0.2, 0.25) is 17.8 Å². The molecule has 7 rings (SSSR count). The molecule has 0 radical (unpaired) electrons. The van der Waals surface area contributed by atoms with Crippen LogP contribution in [0, 0.1) is 0 Å². The summed E-state index contributed by atoms with van der Waals surface area (Å²) in [7, 11) is 0. The predicted octanol–water partition coefficient (Wildman–Crippen LogP) is 15.0. The zero-order valence-corrected chi connectivity index (χ0v) is 39.0. The minimum atomic E-state index is -6.13. The summed E-state index contributed by atoms with van der Waals surface area (Å²) < 4.78 is 344. The number of carbonyl (C=O) groups is 1. The summed E-state index contributed by atoms with van der Waals surface area (Å²) in [6, 6.07) is 10.7. The molecule has 1 heterocycles. The van der Waals surface area contributed by atoms with E-state index in [1.165, 1.54) is 0 Å². The van der Waals surface area contributed by atoms with Gasteiger partial charge >= 0.3 is 49.4 Å². The van der Waals surface area contributed by atoms with E-state index in [1.54, 1.807) is 0 Å². The molecule has 0 unspecified atom stereocenters. The lowest BCUT2D eigenvalue weighted by Gasteiger charge is -2.46. The first-order valence-electron chi connectivity index (χ1n) is 21.0. The SMILES string of the molecule is FC(F)(F)c1cc([B-](c2cc(C(F)(F)F)cc(C(F)(F)F)c2)(c2cc(C(F)(F)F)cc(C(F)(F)F)c2)c2cc(C(F)(F)F)cc(C(F)(F)F)c2)cc(C(F)(F)F)c1.O=C(C[n+]1cccc2ccc(Br)cc21)c1ccccc1. The van der Waals surface area contributed by atoms with Gasteiger partial charge in [0.1, 0.15) is 6.15 Å². The maximum absolute atomic E-state index is 14.2. The summed E-state index contributed by atoms with van der Waals surface area (Å²) in [6.45, 7) is 0.345. The van der Waals surface area contributed by atoms with Crippen LogP contribution in [0.15, 0.2) is 144 Å². The highest BCUT2D eigenvalue weighted by atomic mass is 79.9. The number of hydrogen-bond donors (Lipinski definition) is 0. The summed E-state index contributed by atoms with van der Waals surface area (Å²) in [6.07, 6.45) is -52.9. The van der Waals surface area contributed by atoms with Crippen molar-refractivity contribution in [1.82, 2.24) is 0 Å². The molecule has 0 atom stereocenters. The number of halogens is 25. The Balaban J connectivity index is 0.000000397. The van der Waals surface area contributed by atoms with E-state index >= 15 is 0 Å². The average molecular weight is 1190 g/mol. The summed E-state index contributed by atoms with van der Waals surface area (Å²) in [5, 5.41) is 1.12. The van der Waals surface area contributed by atoms with E-state index in [0.29, 0.717) is 6.54 Å². The Bertz CT molecular complexity index is 2870. The molecular weight excluding hydrogens is 1170 g/mol. The number of aromatic nitrogens is 1. The van der Waals surface area contributed by atoms with Gasteiger partial charge in [-0.15, -0.1) is 0 Å². The van der Waals surface area contributed by atoms with Gasteiger partial charge in [-0.2, -0.15) is 132 Å². The fourth-order valence-corrected chi connectivity index (χ4v) is 8.66. The lowest BCUT2D eigenvalue weighted by Crippen LogP contribution is -2.75. The third kappa shape index (κ3) is 13.5. The van der Waals surface area contributed by atoms with Crippen molar-refractivity contribution in [2.24, 2.45) is 0 Å². The number of ketones is 1. The second-order valence-electron chi connectivity index (χ2n) is 16.9. The van der Waals surface area contributed by atoms with Gasteiger partial charge in [0, 0.05) is 27.6 Å². The largest absolute Gasteiger partial charge is 0.416 e. The van der Waals surface area contributed by atoms with Crippen LogP contribution in [-0.2, 0) is 56.0 Å². The fourth-order valence-electron chi connectivity index (χ4n) is 8.32. The van der Waals surface area contributed by atoms with Crippen molar-refractivity contribution in [2.75, 3.05) is 0 Å². The maximum atomic E-state index is 14.2. The van der Waals surface area contributed by atoms with Crippen LogP contribution >= 0.6 is 15.9 Å². The molecule has 0 amide bonds. The molecule has 0 saturated heterocycles. The molecule has 77 heavy (non-hydrogen) atoms. The van der Waals surface area contributed by atoms with E-state index in [9.17, 15) is 110 Å². The Hall–Kier alpha value is -6.74. The van der Waals surface area contributed by atoms with Crippen LogP contribution in [0.25, 0.3) is 10.9 Å². The van der Waals surface area contributed by atoms with Crippen molar-refractivity contribution < 1.29 is 115 Å². The number of carbonyl (C=O) groups excluding carboxylic acids is 1. The van der Waals surface area contributed by atoms with Crippen LogP contribution in [0.5, 0.6) is 0 Å². The van der Waals surface area contributed by atoms with Crippen LogP contribution in [0.2, 0.25) is 0 Å². The molecule has 0 bridgehead atoms. The van der Waals surface area contributed by atoms with E-state index < -0.39 is 195 Å². The highest BCUT2D eigenvalue weighted by Gasteiger charge is 2.47. The van der Waals surface area contributed by atoms with Gasteiger partial charge in [0.05, 0.1) is 44.5 Å². The molecule has 0 saturated carbocycles. The third-order valence-corrected chi connectivity index (χ3v) is 12.2. The predicted molar refractivity (Wildman–Crippen MR) is 233 cm³/mol. The second-order valence-corrected chi connectivity index (χ2v) is 17.8. The molecule has 1 aromatic heterocycles. The molecule has 7 aromatic rings. The fraction of sp³-hybridized carbons (Fsp3) is 0.184. The first kappa shape index (κ1) is 59.5. The Kier molecular flexibility index (Phi) is 15.9. The van der Waals surface area contributed by atoms with Gasteiger partial charge in [-0.3, -0.25) is 4.79 Å². The van der Waals surface area contributed by atoms with E-state index in [-0.39, 0.29) is 5.78 Å². The Labute approximate surface area is 424 Å². The molecule has 2 nitrogen and oxygen atoms in total. The zero-order valence-electron chi connectivity index (χ0n) is 37.4. The number of Topliss-reactive ketones (excluding diaryl/α,β-unsaturated/α-hetero) is 1. The summed E-state index contributed by atoms with van der Waals surface area (Å²) in [4.78, 5) is 12.3. The maximum Gasteiger partial charge on any atom is 0.416 e. The molecule has 0 N–H and O–H groups in total. The highest BCUT2D eigenvalue weighted by Crippen LogP contribution is 2.41. The number of pyridine rings is 1. The molecule has 6 aromatic carbocycles. The van der Waals surface area contributed by atoms with Gasteiger partial charge in [0.25, 0.3) is 0 Å². The number of hydrogen-bond acceptors (Lipinski definition) is 1.